The Balaban J connectivity index is 0.000000267. The van der Waals surface area contributed by atoms with Gasteiger partial charge in [0.2, 0.25) is 11.9 Å². The van der Waals surface area contributed by atoms with E-state index in [0.717, 1.165) is 20.1 Å². The number of benzene rings is 3. The maximum Gasteiger partial charge on any atom is 0.427 e. The van der Waals surface area contributed by atoms with Crippen LogP contribution in [0.5, 0.6) is 0 Å². The van der Waals surface area contributed by atoms with E-state index in [1.807, 2.05) is 6.07 Å². The highest BCUT2D eigenvalue weighted by molar-refractivity contribution is 6.14. The lowest BCUT2D eigenvalue weighted by Crippen LogP contribution is -2.45. The zero-order chi connectivity index (χ0) is 54.4. The van der Waals surface area contributed by atoms with E-state index in [4.69, 9.17) is 39.9 Å². The molecule has 6 rings (SSSR count). The number of rotatable bonds is 2. The first-order chi connectivity index (χ1) is 32.7. The van der Waals surface area contributed by atoms with Crippen molar-refractivity contribution in [3.05, 3.63) is 59.8 Å². The molecule has 2 aromatic heterocycles. The SMILES string of the molecule is CC(C)(C)OC(=O)N(C(=O)OC(C)(C)C)c1nc2c(n1C(=O)OC(C)(C)C)-c1cc(N)ccc1CC2.CC(C)(C)OC(=O)N(C(=O)OC(C)(C)C)c1nc2ccc3ccc(N)cc3c2n1C(=O)OC(C)(C)C. The van der Waals surface area contributed by atoms with Gasteiger partial charge in [0.1, 0.15) is 33.6 Å². The number of nitrogens with zero attached hydrogens (tertiary/aromatic N) is 6. The fourth-order valence-electron chi connectivity index (χ4n) is 7.05. The maximum atomic E-state index is 13.6. The number of imide groups is 2. The first kappa shape index (κ1) is 55.5. The number of carbonyl (C=O) groups excluding carboxylic acids is 6. The van der Waals surface area contributed by atoms with Crippen LogP contribution in [-0.4, -0.2) is 89.3 Å². The number of anilines is 4. The molecule has 72 heavy (non-hydrogen) atoms. The quantitative estimate of drug-likeness (QED) is 0.123. The van der Waals surface area contributed by atoms with Gasteiger partial charge in [-0.15, -0.1) is 9.80 Å². The molecule has 0 fully saturated rings. The van der Waals surface area contributed by atoms with Crippen LogP contribution in [0, 0.1) is 0 Å². The third-order valence-corrected chi connectivity index (χ3v) is 9.45. The summed E-state index contributed by atoms with van der Waals surface area (Å²) in [5.41, 5.74) is 10.8. The Labute approximate surface area is 420 Å². The second kappa shape index (κ2) is 19.7. The first-order valence-corrected chi connectivity index (χ1v) is 23.4. The third-order valence-electron chi connectivity index (χ3n) is 9.45. The lowest BCUT2D eigenvalue weighted by molar-refractivity contribution is 0.0395. The Kier molecular flexibility index (Phi) is 15.2. The number of carbonyl (C=O) groups is 6. The summed E-state index contributed by atoms with van der Waals surface area (Å²) in [6, 6.07) is 14.1. The predicted octanol–water partition coefficient (Wildman–Crippen LogP) is 11.9. The molecule has 4 amide bonds. The number of amides is 4. The van der Waals surface area contributed by atoms with E-state index < -0.39 is 70.2 Å². The fraction of sp³-hybridized carbons (Fsp3) is 0.500. The number of hydrogen-bond donors (Lipinski definition) is 2. The van der Waals surface area contributed by atoms with Crippen molar-refractivity contribution in [1.82, 2.24) is 19.1 Å². The summed E-state index contributed by atoms with van der Waals surface area (Å²) < 4.78 is 35.5. The molecule has 4 N–H and O–H groups in total. The summed E-state index contributed by atoms with van der Waals surface area (Å²) in [6.45, 7) is 30.3. The van der Waals surface area contributed by atoms with Crippen LogP contribution in [-0.2, 0) is 41.3 Å². The Bertz CT molecular complexity index is 2870. The van der Waals surface area contributed by atoms with Crippen LogP contribution < -0.4 is 21.3 Å². The zero-order valence-corrected chi connectivity index (χ0v) is 44.8. The summed E-state index contributed by atoms with van der Waals surface area (Å²) in [5, 5.41) is 1.36. The van der Waals surface area contributed by atoms with Crippen molar-refractivity contribution in [3.63, 3.8) is 0 Å². The average Bonchev–Trinajstić information content (AvgIpc) is 3.73. The van der Waals surface area contributed by atoms with Crippen molar-refractivity contribution in [3.8, 4) is 11.3 Å². The first-order valence-electron chi connectivity index (χ1n) is 23.4. The van der Waals surface area contributed by atoms with Crippen molar-refractivity contribution in [2.45, 2.75) is 171 Å². The summed E-state index contributed by atoms with van der Waals surface area (Å²) in [5.74, 6) is -0.592. The normalized spacial score (nSPS) is 12.9. The number of ether oxygens (including phenoxy) is 6. The molecule has 0 spiro atoms. The van der Waals surface area contributed by atoms with Gasteiger partial charge in [0, 0.05) is 22.3 Å². The van der Waals surface area contributed by atoms with E-state index in [0.29, 0.717) is 67.4 Å². The van der Waals surface area contributed by atoms with Crippen LogP contribution in [0.1, 0.15) is 136 Å². The van der Waals surface area contributed by atoms with Crippen molar-refractivity contribution < 1.29 is 57.2 Å². The van der Waals surface area contributed by atoms with Crippen LogP contribution in [0.2, 0.25) is 0 Å². The molecule has 0 saturated carbocycles. The molecule has 0 bridgehead atoms. The molecule has 390 valence electrons. The molecule has 3 aromatic carbocycles. The highest BCUT2D eigenvalue weighted by Crippen LogP contribution is 2.39. The predicted molar refractivity (Wildman–Crippen MR) is 274 cm³/mol. The molecule has 1 aliphatic carbocycles. The van der Waals surface area contributed by atoms with Crippen LogP contribution >= 0.6 is 0 Å². The lowest BCUT2D eigenvalue weighted by atomic mass is 9.92. The summed E-state index contributed by atoms with van der Waals surface area (Å²) in [4.78, 5) is 90.7. The number of fused-ring (bicyclic) bond motifs is 6. The molecule has 5 aromatic rings. The van der Waals surface area contributed by atoms with Crippen LogP contribution in [0.15, 0.2) is 48.5 Å². The van der Waals surface area contributed by atoms with E-state index in [1.54, 1.807) is 167 Å². The Morgan fingerprint density at radius 3 is 1.32 bits per heavy atom. The summed E-state index contributed by atoms with van der Waals surface area (Å²) in [6.07, 6.45) is -4.70. The van der Waals surface area contributed by atoms with Crippen LogP contribution in [0.3, 0.4) is 0 Å². The zero-order valence-electron chi connectivity index (χ0n) is 44.8. The molecule has 0 atom stereocenters. The Hall–Kier alpha value is -7.38. The second-order valence-corrected chi connectivity index (χ2v) is 23.2. The minimum absolute atomic E-state index is 0.270. The molecule has 20 nitrogen and oxygen atoms in total. The fourth-order valence-corrected chi connectivity index (χ4v) is 7.05. The molecule has 20 heteroatoms. The average molecular weight is 999 g/mol. The highest BCUT2D eigenvalue weighted by Gasteiger charge is 2.42. The highest BCUT2D eigenvalue weighted by atomic mass is 16.6. The monoisotopic (exact) mass is 999 g/mol. The lowest BCUT2D eigenvalue weighted by Gasteiger charge is -2.28. The van der Waals surface area contributed by atoms with E-state index >= 15 is 0 Å². The minimum atomic E-state index is -1.05. The largest absolute Gasteiger partial charge is 0.443 e. The van der Waals surface area contributed by atoms with Crippen molar-refractivity contribution in [2.24, 2.45) is 0 Å². The molecule has 0 radical (unpaired) electrons. The number of imidazole rings is 2. The molecule has 2 heterocycles. The smallest absolute Gasteiger partial charge is 0.427 e. The molecule has 0 aliphatic heterocycles. The topological polar surface area (TPSA) is 252 Å². The van der Waals surface area contributed by atoms with Gasteiger partial charge < -0.3 is 39.9 Å². The minimum Gasteiger partial charge on any atom is -0.443 e. The van der Waals surface area contributed by atoms with Gasteiger partial charge in [-0.05, 0) is 179 Å². The standard InChI is InChI=1S/C26H36N4O6.C26H34N4O6/c2*1-24(2,3)34-21(31)29-19-17-14-16(27)12-10-15(17)11-13-18(19)28-20(29)30(22(32)35-25(4,5)6)23(33)36-26(7,8)9/h10,12,14H,11,13,27H2,1-9H3;10-14H,27H2,1-9H3. The van der Waals surface area contributed by atoms with E-state index in [-0.39, 0.29) is 11.9 Å². The Morgan fingerprint density at radius 2 is 0.875 bits per heavy atom. The third kappa shape index (κ3) is 13.9. The van der Waals surface area contributed by atoms with Gasteiger partial charge in [-0.2, -0.15) is 0 Å². The van der Waals surface area contributed by atoms with Gasteiger partial charge in [0.05, 0.1) is 22.4 Å². The van der Waals surface area contributed by atoms with Gasteiger partial charge in [-0.1, -0.05) is 18.2 Å². The van der Waals surface area contributed by atoms with E-state index in [1.165, 1.54) is 0 Å². The molecule has 1 aliphatic rings. The number of aryl methyl sites for hydroxylation is 2. The second-order valence-electron chi connectivity index (χ2n) is 23.2. The van der Waals surface area contributed by atoms with Crippen molar-refractivity contribution in [2.75, 3.05) is 21.3 Å². The van der Waals surface area contributed by atoms with Gasteiger partial charge in [-0.3, -0.25) is 0 Å². The summed E-state index contributed by atoms with van der Waals surface area (Å²) >= 11 is 0. The molecule has 0 saturated heterocycles. The van der Waals surface area contributed by atoms with Gasteiger partial charge in [0.25, 0.3) is 0 Å². The van der Waals surface area contributed by atoms with E-state index in [2.05, 4.69) is 9.97 Å². The van der Waals surface area contributed by atoms with Gasteiger partial charge in [-0.25, -0.2) is 47.9 Å². The van der Waals surface area contributed by atoms with Crippen molar-refractivity contribution in [1.29, 1.82) is 0 Å². The maximum absolute atomic E-state index is 13.6. The molecular formula is C52H70N8O12. The van der Waals surface area contributed by atoms with E-state index in [9.17, 15) is 28.8 Å². The Morgan fingerprint density at radius 1 is 0.486 bits per heavy atom. The van der Waals surface area contributed by atoms with Crippen molar-refractivity contribution >= 4 is 81.6 Å². The van der Waals surface area contributed by atoms with Crippen LogP contribution in [0.25, 0.3) is 33.1 Å². The number of hydrogen-bond acceptors (Lipinski definition) is 16. The molecular weight excluding hydrogens is 929 g/mol. The number of aromatic nitrogens is 4. The van der Waals surface area contributed by atoms with Gasteiger partial charge >= 0.3 is 36.6 Å². The molecule has 0 unspecified atom stereocenters. The number of nitrogen functional groups attached to an aromatic ring is 2. The summed E-state index contributed by atoms with van der Waals surface area (Å²) in [7, 11) is 0. The van der Waals surface area contributed by atoms with Gasteiger partial charge in [0.15, 0.2) is 0 Å². The van der Waals surface area contributed by atoms with Crippen LogP contribution in [0.4, 0.5) is 52.0 Å². The number of nitrogens with two attached hydrogens (primary N) is 2.